The average molecular weight is 197 g/mol. The highest BCUT2D eigenvalue weighted by atomic mass is 16.2. The Balaban J connectivity index is 2.40. The van der Waals surface area contributed by atoms with Gasteiger partial charge in [0.2, 0.25) is 5.91 Å². The molecule has 2 N–H and O–H groups in total. The predicted molar refractivity (Wildman–Crippen MR) is 56.9 cm³/mol. The Hall–Kier alpha value is -0.870. The molecule has 1 rings (SSSR count). The van der Waals surface area contributed by atoms with E-state index in [0.29, 0.717) is 6.42 Å². The molecule has 0 aromatic heterocycles. The Morgan fingerprint density at radius 3 is 2.57 bits per heavy atom. The zero-order valence-corrected chi connectivity index (χ0v) is 8.78. The number of piperazine rings is 1. The maximum atomic E-state index is 11.7. The van der Waals surface area contributed by atoms with Crippen molar-refractivity contribution in [2.24, 2.45) is 5.73 Å². The van der Waals surface area contributed by atoms with E-state index < -0.39 is 6.04 Å². The number of nitrogens with zero attached hydrogens (tertiary/aromatic N) is 2. The number of likely N-dealkylation sites (N-methyl/N-ethyl adjacent to an activating group) is 1. The summed E-state index contributed by atoms with van der Waals surface area (Å²) in [6, 6.07) is -0.407. The Labute approximate surface area is 85.3 Å². The second kappa shape index (κ2) is 5.12. The minimum atomic E-state index is -0.407. The largest absolute Gasteiger partial charge is 0.339 e. The second-order valence-corrected chi connectivity index (χ2v) is 3.76. The van der Waals surface area contributed by atoms with E-state index in [0.717, 1.165) is 26.2 Å². The van der Waals surface area contributed by atoms with E-state index >= 15 is 0 Å². The molecule has 1 aliphatic rings. The van der Waals surface area contributed by atoms with Gasteiger partial charge in [-0.15, -0.1) is 6.58 Å². The first-order chi connectivity index (χ1) is 6.65. The van der Waals surface area contributed by atoms with E-state index in [2.05, 4.69) is 18.5 Å². The van der Waals surface area contributed by atoms with Crippen molar-refractivity contribution in [3.8, 4) is 0 Å². The number of carbonyl (C=O) groups excluding carboxylic acids is 1. The minimum absolute atomic E-state index is 0.0537. The van der Waals surface area contributed by atoms with Crippen molar-refractivity contribution in [2.45, 2.75) is 12.5 Å². The van der Waals surface area contributed by atoms with Crippen LogP contribution >= 0.6 is 0 Å². The summed E-state index contributed by atoms with van der Waals surface area (Å²) in [4.78, 5) is 15.8. The van der Waals surface area contributed by atoms with E-state index in [1.54, 1.807) is 6.08 Å². The fourth-order valence-electron chi connectivity index (χ4n) is 1.54. The molecule has 0 saturated carbocycles. The van der Waals surface area contributed by atoms with E-state index in [1.807, 2.05) is 4.90 Å². The number of hydrogen-bond acceptors (Lipinski definition) is 3. The topological polar surface area (TPSA) is 49.6 Å². The van der Waals surface area contributed by atoms with E-state index in [4.69, 9.17) is 5.73 Å². The molecule has 1 atom stereocenters. The van der Waals surface area contributed by atoms with Crippen LogP contribution in [0.3, 0.4) is 0 Å². The monoisotopic (exact) mass is 197 g/mol. The Morgan fingerprint density at radius 2 is 2.07 bits per heavy atom. The highest BCUT2D eigenvalue weighted by Crippen LogP contribution is 2.03. The van der Waals surface area contributed by atoms with Gasteiger partial charge >= 0.3 is 0 Å². The summed E-state index contributed by atoms with van der Waals surface area (Å²) in [5.74, 6) is 0.0537. The van der Waals surface area contributed by atoms with Gasteiger partial charge in [0, 0.05) is 26.2 Å². The van der Waals surface area contributed by atoms with Gasteiger partial charge in [0.1, 0.15) is 0 Å². The van der Waals surface area contributed by atoms with Gasteiger partial charge in [-0.3, -0.25) is 4.79 Å². The molecule has 14 heavy (non-hydrogen) atoms. The van der Waals surface area contributed by atoms with Gasteiger partial charge < -0.3 is 15.5 Å². The molecule has 0 spiro atoms. The zero-order valence-electron chi connectivity index (χ0n) is 8.78. The molecule has 80 valence electrons. The molecular weight excluding hydrogens is 178 g/mol. The maximum absolute atomic E-state index is 11.7. The van der Waals surface area contributed by atoms with Crippen LogP contribution < -0.4 is 5.73 Å². The van der Waals surface area contributed by atoms with Gasteiger partial charge in [-0.05, 0) is 13.5 Å². The number of hydrogen-bond donors (Lipinski definition) is 1. The SMILES string of the molecule is C=CCC(N)C(=O)N1CCN(C)CC1. The van der Waals surface area contributed by atoms with Crippen molar-refractivity contribution in [3.05, 3.63) is 12.7 Å². The number of amides is 1. The van der Waals surface area contributed by atoms with Gasteiger partial charge in [0.15, 0.2) is 0 Å². The first-order valence-corrected chi connectivity index (χ1v) is 4.99. The molecular formula is C10H19N3O. The third kappa shape index (κ3) is 2.82. The highest BCUT2D eigenvalue weighted by molar-refractivity contribution is 5.81. The molecule has 1 amide bonds. The Kier molecular flexibility index (Phi) is 4.10. The van der Waals surface area contributed by atoms with Crippen LogP contribution in [-0.4, -0.2) is 55.0 Å². The molecule has 1 fully saturated rings. The molecule has 0 radical (unpaired) electrons. The highest BCUT2D eigenvalue weighted by Gasteiger charge is 2.22. The van der Waals surface area contributed by atoms with Gasteiger partial charge in [0.05, 0.1) is 6.04 Å². The molecule has 0 aromatic carbocycles. The Morgan fingerprint density at radius 1 is 1.50 bits per heavy atom. The fraction of sp³-hybridized carbons (Fsp3) is 0.700. The minimum Gasteiger partial charge on any atom is -0.339 e. The van der Waals surface area contributed by atoms with E-state index in [1.165, 1.54) is 0 Å². The quantitative estimate of drug-likeness (QED) is 0.630. The molecule has 1 heterocycles. The lowest BCUT2D eigenvalue weighted by Gasteiger charge is -2.33. The summed E-state index contributed by atoms with van der Waals surface area (Å²) in [5.41, 5.74) is 5.72. The van der Waals surface area contributed by atoms with Crippen molar-refractivity contribution in [3.63, 3.8) is 0 Å². The summed E-state index contributed by atoms with van der Waals surface area (Å²) >= 11 is 0. The van der Waals surface area contributed by atoms with E-state index in [9.17, 15) is 4.79 Å². The third-order valence-electron chi connectivity index (χ3n) is 2.55. The predicted octanol–water partition coefficient (Wildman–Crippen LogP) is -0.336. The lowest BCUT2D eigenvalue weighted by Crippen LogP contribution is -2.52. The summed E-state index contributed by atoms with van der Waals surface area (Å²) in [6.07, 6.45) is 2.25. The molecule has 1 aliphatic heterocycles. The zero-order chi connectivity index (χ0) is 10.6. The normalized spacial score (nSPS) is 20.6. The van der Waals surface area contributed by atoms with Crippen molar-refractivity contribution >= 4 is 5.91 Å². The average Bonchev–Trinajstić information content (AvgIpc) is 2.18. The molecule has 0 aliphatic carbocycles. The third-order valence-corrected chi connectivity index (χ3v) is 2.55. The maximum Gasteiger partial charge on any atom is 0.239 e. The molecule has 1 unspecified atom stereocenters. The van der Waals surface area contributed by atoms with Gasteiger partial charge in [-0.1, -0.05) is 6.08 Å². The summed E-state index contributed by atoms with van der Waals surface area (Å²) in [7, 11) is 2.06. The van der Waals surface area contributed by atoms with Crippen LogP contribution in [0.25, 0.3) is 0 Å². The van der Waals surface area contributed by atoms with Crippen molar-refractivity contribution in [1.29, 1.82) is 0 Å². The van der Waals surface area contributed by atoms with Crippen molar-refractivity contribution in [1.82, 2.24) is 9.80 Å². The fourth-order valence-corrected chi connectivity index (χ4v) is 1.54. The van der Waals surface area contributed by atoms with Gasteiger partial charge in [-0.25, -0.2) is 0 Å². The summed E-state index contributed by atoms with van der Waals surface area (Å²) < 4.78 is 0. The standard InChI is InChI=1S/C10H19N3O/c1-3-4-9(11)10(14)13-7-5-12(2)6-8-13/h3,9H,1,4-8,11H2,2H3. The lowest BCUT2D eigenvalue weighted by atomic mass is 10.2. The molecule has 1 saturated heterocycles. The summed E-state index contributed by atoms with van der Waals surface area (Å²) in [5, 5.41) is 0. The lowest BCUT2D eigenvalue weighted by molar-refractivity contribution is -0.134. The van der Waals surface area contributed by atoms with Crippen LogP contribution in [0.1, 0.15) is 6.42 Å². The number of nitrogens with two attached hydrogens (primary N) is 1. The van der Waals surface area contributed by atoms with Gasteiger partial charge in [0.25, 0.3) is 0 Å². The van der Waals surface area contributed by atoms with Crippen molar-refractivity contribution < 1.29 is 4.79 Å². The summed E-state index contributed by atoms with van der Waals surface area (Å²) in [6.45, 7) is 7.04. The number of rotatable bonds is 3. The first kappa shape index (κ1) is 11.2. The van der Waals surface area contributed by atoms with Crippen LogP contribution in [0.4, 0.5) is 0 Å². The van der Waals surface area contributed by atoms with Gasteiger partial charge in [-0.2, -0.15) is 0 Å². The molecule has 0 bridgehead atoms. The number of carbonyl (C=O) groups is 1. The van der Waals surface area contributed by atoms with Crippen molar-refractivity contribution in [2.75, 3.05) is 33.2 Å². The molecule has 0 aromatic rings. The second-order valence-electron chi connectivity index (χ2n) is 3.76. The molecule has 4 heteroatoms. The van der Waals surface area contributed by atoms with E-state index in [-0.39, 0.29) is 5.91 Å². The first-order valence-electron chi connectivity index (χ1n) is 4.99. The van der Waals surface area contributed by atoms with Crippen LogP contribution in [0.5, 0.6) is 0 Å². The van der Waals surface area contributed by atoms with Crippen LogP contribution in [0.2, 0.25) is 0 Å². The van der Waals surface area contributed by atoms with Crippen LogP contribution in [0, 0.1) is 0 Å². The van der Waals surface area contributed by atoms with Crippen LogP contribution in [0.15, 0.2) is 12.7 Å². The Bertz CT molecular complexity index is 209. The van der Waals surface area contributed by atoms with Crippen LogP contribution in [-0.2, 0) is 4.79 Å². The smallest absolute Gasteiger partial charge is 0.239 e. The molecule has 4 nitrogen and oxygen atoms in total.